The third kappa shape index (κ3) is 3.37. The van der Waals surface area contributed by atoms with E-state index in [2.05, 4.69) is 52.3 Å². The molecule has 0 saturated heterocycles. The maximum absolute atomic E-state index is 5.29. The largest absolute Gasteiger partial charge is 0.313 e. The van der Waals surface area contributed by atoms with Crippen LogP contribution in [0, 0.1) is 19.3 Å². The minimum atomic E-state index is 0.329. The average Bonchev–Trinajstić information content (AvgIpc) is 2.24. The molecule has 1 atom stereocenters. The van der Waals surface area contributed by atoms with Crippen molar-refractivity contribution in [2.45, 2.75) is 25.8 Å². The Labute approximate surface area is 100 Å². The number of hydrogen-bond donors (Lipinski definition) is 1. The van der Waals surface area contributed by atoms with Crippen molar-refractivity contribution in [3.8, 4) is 12.3 Å². The van der Waals surface area contributed by atoms with Gasteiger partial charge in [0, 0.05) is 16.9 Å². The minimum absolute atomic E-state index is 0.329. The standard InChI is InChI=1S/C13H16BrN/c1-4-5-6-13(15-3)11-9-10(2)7-8-12(11)14/h1,7-9,13,15H,5-6H2,2-3H3. The SMILES string of the molecule is C#CCCC(NC)c1cc(C)ccc1Br. The number of terminal acetylenes is 1. The molecule has 2 heteroatoms. The topological polar surface area (TPSA) is 12.0 Å². The molecular weight excluding hydrogens is 250 g/mol. The van der Waals surface area contributed by atoms with Crippen molar-refractivity contribution in [2.24, 2.45) is 0 Å². The van der Waals surface area contributed by atoms with Crippen molar-refractivity contribution in [1.29, 1.82) is 0 Å². The van der Waals surface area contributed by atoms with E-state index in [1.165, 1.54) is 11.1 Å². The van der Waals surface area contributed by atoms with Crippen LogP contribution in [0.2, 0.25) is 0 Å². The lowest BCUT2D eigenvalue weighted by Crippen LogP contribution is -2.16. The maximum Gasteiger partial charge on any atom is 0.0337 e. The summed E-state index contributed by atoms with van der Waals surface area (Å²) in [6.07, 6.45) is 7.05. The van der Waals surface area contributed by atoms with E-state index >= 15 is 0 Å². The van der Waals surface area contributed by atoms with Gasteiger partial charge in [0.25, 0.3) is 0 Å². The maximum atomic E-state index is 5.29. The van der Waals surface area contributed by atoms with Crippen molar-refractivity contribution in [1.82, 2.24) is 5.32 Å². The first-order valence-corrected chi connectivity index (χ1v) is 5.85. The first-order chi connectivity index (χ1) is 7.19. The fourth-order valence-electron chi connectivity index (χ4n) is 1.61. The minimum Gasteiger partial charge on any atom is -0.313 e. The van der Waals surface area contributed by atoms with Gasteiger partial charge in [-0.2, -0.15) is 0 Å². The fraction of sp³-hybridized carbons (Fsp3) is 0.385. The Morgan fingerprint density at radius 3 is 2.87 bits per heavy atom. The lowest BCUT2D eigenvalue weighted by Gasteiger charge is -2.17. The molecule has 0 radical (unpaired) electrons. The van der Waals surface area contributed by atoms with E-state index in [1.807, 2.05) is 7.05 Å². The molecule has 0 aliphatic carbocycles. The van der Waals surface area contributed by atoms with Crippen LogP contribution in [-0.2, 0) is 0 Å². The monoisotopic (exact) mass is 265 g/mol. The number of aryl methyl sites for hydroxylation is 1. The van der Waals surface area contributed by atoms with E-state index in [0.29, 0.717) is 6.04 Å². The zero-order chi connectivity index (χ0) is 11.3. The molecule has 80 valence electrons. The zero-order valence-corrected chi connectivity index (χ0v) is 10.8. The number of halogens is 1. The van der Waals surface area contributed by atoms with Gasteiger partial charge in [0.1, 0.15) is 0 Å². The van der Waals surface area contributed by atoms with Crippen LogP contribution in [-0.4, -0.2) is 7.05 Å². The molecule has 1 unspecified atom stereocenters. The summed E-state index contributed by atoms with van der Waals surface area (Å²) in [5.74, 6) is 2.68. The Morgan fingerprint density at radius 1 is 1.53 bits per heavy atom. The second-order valence-electron chi connectivity index (χ2n) is 3.61. The Kier molecular flexibility index (Phi) is 4.87. The summed E-state index contributed by atoms with van der Waals surface area (Å²) >= 11 is 3.57. The normalized spacial score (nSPS) is 12.1. The number of benzene rings is 1. The van der Waals surface area contributed by atoms with Gasteiger partial charge >= 0.3 is 0 Å². The number of rotatable bonds is 4. The molecule has 0 amide bonds. The van der Waals surface area contributed by atoms with Crippen LogP contribution in [0.3, 0.4) is 0 Å². The van der Waals surface area contributed by atoms with Crippen LogP contribution in [0.25, 0.3) is 0 Å². The predicted octanol–water partition coefficient (Wildman–Crippen LogP) is 3.43. The van der Waals surface area contributed by atoms with E-state index in [0.717, 1.165) is 17.3 Å². The van der Waals surface area contributed by atoms with Crippen molar-refractivity contribution in [3.05, 3.63) is 33.8 Å². The third-order valence-electron chi connectivity index (χ3n) is 2.45. The molecule has 0 spiro atoms. The predicted molar refractivity (Wildman–Crippen MR) is 68.7 cm³/mol. The molecule has 0 saturated carbocycles. The Bertz CT molecular complexity index is 365. The quantitative estimate of drug-likeness (QED) is 0.823. The first kappa shape index (κ1) is 12.3. The second-order valence-corrected chi connectivity index (χ2v) is 4.46. The highest BCUT2D eigenvalue weighted by atomic mass is 79.9. The van der Waals surface area contributed by atoms with Crippen molar-refractivity contribution in [3.63, 3.8) is 0 Å². The van der Waals surface area contributed by atoms with Crippen LogP contribution >= 0.6 is 15.9 Å². The molecule has 0 aliphatic heterocycles. The molecule has 0 aromatic heterocycles. The van der Waals surface area contributed by atoms with Gasteiger partial charge in [-0.05, 0) is 32.0 Å². The van der Waals surface area contributed by atoms with Gasteiger partial charge in [-0.1, -0.05) is 33.6 Å². The van der Waals surface area contributed by atoms with E-state index < -0.39 is 0 Å². The summed E-state index contributed by atoms with van der Waals surface area (Å²) in [5.41, 5.74) is 2.56. The van der Waals surface area contributed by atoms with Gasteiger partial charge in [0.2, 0.25) is 0 Å². The summed E-state index contributed by atoms with van der Waals surface area (Å²) in [6.45, 7) is 2.10. The Morgan fingerprint density at radius 2 is 2.27 bits per heavy atom. The second kappa shape index (κ2) is 5.95. The highest BCUT2D eigenvalue weighted by Gasteiger charge is 2.11. The van der Waals surface area contributed by atoms with E-state index in [1.54, 1.807) is 0 Å². The molecule has 0 heterocycles. The lowest BCUT2D eigenvalue weighted by atomic mass is 10.0. The highest BCUT2D eigenvalue weighted by molar-refractivity contribution is 9.10. The van der Waals surface area contributed by atoms with Crippen molar-refractivity contribution < 1.29 is 0 Å². The van der Waals surface area contributed by atoms with Crippen LogP contribution < -0.4 is 5.32 Å². The van der Waals surface area contributed by atoms with Gasteiger partial charge in [-0.3, -0.25) is 0 Å². The molecule has 0 fully saturated rings. The van der Waals surface area contributed by atoms with Gasteiger partial charge in [0.15, 0.2) is 0 Å². The van der Waals surface area contributed by atoms with Crippen molar-refractivity contribution in [2.75, 3.05) is 7.05 Å². The van der Waals surface area contributed by atoms with E-state index in [-0.39, 0.29) is 0 Å². The molecule has 1 nitrogen and oxygen atoms in total. The van der Waals surface area contributed by atoms with Crippen LogP contribution in [0.5, 0.6) is 0 Å². The third-order valence-corrected chi connectivity index (χ3v) is 3.17. The molecule has 15 heavy (non-hydrogen) atoms. The Balaban J connectivity index is 2.91. The Hall–Kier alpha value is -0.780. The van der Waals surface area contributed by atoms with Gasteiger partial charge in [-0.25, -0.2) is 0 Å². The summed E-state index contributed by atoms with van der Waals surface area (Å²) in [4.78, 5) is 0. The smallest absolute Gasteiger partial charge is 0.0337 e. The summed E-state index contributed by atoms with van der Waals surface area (Å²) < 4.78 is 1.14. The van der Waals surface area contributed by atoms with E-state index in [4.69, 9.17) is 6.42 Å². The van der Waals surface area contributed by atoms with Crippen molar-refractivity contribution >= 4 is 15.9 Å². The van der Waals surface area contributed by atoms with Crippen LogP contribution in [0.15, 0.2) is 22.7 Å². The summed E-state index contributed by atoms with van der Waals surface area (Å²) in [7, 11) is 1.97. The van der Waals surface area contributed by atoms with Crippen LogP contribution in [0.4, 0.5) is 0 Å². The zero-order valence-electron chi connectivity index (χ0n) is 9.18. The molecule has 1 aromatic carbocycles. The lowest BCUT2D eigenvalue weighted by molar-refractivity contribution is 0.556. The van der Waals surface area contributed by atoms with Gasteiger partial charge < -0.3 is 5.32 Å². The van der Waals surface area contributed by atoms with E-state index in [9.17, 15) is 0 Å². The molecule has 1 aromatic rings. The molecular formula is C13H16BrN. The van der Waals surface area contributed by atoms with Gasteiger partial charge in [0.05, 0.1) is 0 Å². The molecule has 0 aliphatic rings. The summed E-state index contributed by atoms with van der Waals surface area (Å²) in [6, 6.07) is 6.71. The number of nitrogens with one attached hydrogen (secondary N) is 1. The van der Waals surface area contributed by atoms with Gasteiger partial charge in [-0.15, -0.1) is 12.3 Å². The molecule has 0 bridgehead atoms. The number of hydrogen-bond acceptors (Lipinski definition) is 1. The molecule has 1 rings (SSSR count). The van der Waals surface area contributed by atoms with Crippen LogP contribution in [0.1, 0.15) is 30.0 Å². The average molecular weight is 266 g/mol. The molecule has 1 N–H and O–H groups in total. The first-order valence-electron chi connectivity index (χ1n) is 5.05. The summed E-state index contributed by atoms with van der Waals surface area (Å²) in [5, 5.41) is 3.30. The highest BCUT2D eigenvalue weighted by Crippen LogP contribution is 2.27. The fourth-order valence-corrected chi connectivity index (χ4v) is 2.14.